The van der Waals surface area contributed by atoms with Crippen LogP contribution in [-0.2, 0) is 4.74 Å². The van der Waals surface area contributed by atoms with Gasteiger partial charge in [0.2, 0.25) is 0 Å². The third kappa shape index (κ3) is 4.60. The number of pyridine rings is 2. The number of rotatable bonds is 6. The first-order valence-corrected chi connectivity index (χ1v) is 10.4. The fourth-order valence-electron chi connectivity index (χ4n) is 3.78. The van der Waals surface area contributed by atoms with Gasteiger partial charge in [-0.1, -0.05) is 6.07 Å². The predicted octanol–water partition coefficient (Wildman–Crippen LogP) is 3.95. The van der Waals surface area contributed by atoms with Gasteiger partial charge in [-0.2, -0.15) is 0 Å². The van der Waals surface area contributed by atoms with Gasteiger partial charge >= 0.3 is 0 Å². The summed E-state index contributed by atoms with van der Waals surface area (Å²) >= 11 is 0. The molecule has 0 aliphatic carbocycles. The van der Waals surface area contributed by atoms with Crippen LogP contribution in [0.2, 0.25) is 0 Å². The second-order valence-electron chi connectivity index (χ2n) is 7.73. The largest absolute Gasteiger partial charge is 0.492 e. The van der Waals surface area contributed by atoms with Crippen LogP contribution in [0.1, 0.15) is 45.9 Å². The highest BCUT2D eigenvalue weighted by Crippen LogP contribution is 2.32. The van der Waals surface area contributed by atoms with E-state index in [4.69, 9.17) is 9.47 Å². The SMILES string of the molecule is Cc1ccc(OCCNC(=O)c2cc(C3CCOCC3)c3cnccc3n2)cc1C. The van der Waals surface area contributed by atoms with Gasteiger partial charge in [0, 0.05) is 31.0 Å². The van der Waals surface area contributed by atoms with Crippen LogP contribution in [0.25, 0.3) is 10.9 Å². The van der Waals surface area contributed by atoms with Crippen LogP contribution < -0.4 is 10.1 Å². The van der Waals surface area contributed by atoms with Gasteiger partial charge in [0.25, 0.3) is 5.91 Å². The maximum atomic E-state index is 12.8. The number of nitrogens with zero attached hydrogens (tertiary/aromatic N) is 2. The van der Waals surface area contributed by atoms with Gasteiger partial charge in [-0.05, 0) is 73.6 Å². The molecular formula is C24H27N3O3. The van der Waals surface area contributed by atoms with E-state index < -0.39 is 0 Å². The van der Waals surface area contributed by atoms with E-state index in [9.17, 15) is 4.79 Å². The number of benzene rings is 1. The lowest BCUT2D eigenvalue weighted by molar-refractivity contribution is 0.0855. The summed E-state index contributed by atoms with van der Waals surface area (Å²) in [4.78, 5) is 21.6. The molecule has 6 heteroatoms. The highest BCUT2D eigenvalue weighted by atomic mass is 16.5. The highest BCUT2D eigenvalue weighted by molar-refractivity contribution is 5.96. The van der Waals surface area contributed by atoms with Gasteiger partial charge in [-0.3, -0.25) is 9.78 Å². The molecule has 0 unspecified atom stereocenters. The van der Waals surface area contributed by atoms with Crippen LogP contribution in [0.4, 0.5) is 0 Å². The molecule has 3 aromatic rings. The van der Waals surface area contributed by atoms with Crippen molar-refractivity contribution in [2.45, 2.75) is 32.6 Å². The second kappa shape index (κ2) is 9.22. The molecule has 4 rings (SSSR count). The van der Waals surface area contributed by atoms with Gasteiger partial charge in [0.15, 0.2) is 0 Å². The molecule has 1 aliphatic heterocycles. The first-order chi connectivity index (χ1) is 14.6. The van der Waals surface area contributed by atoms with Crippen molar-refractivity contribution < 1.29 is 14.3 Å². The van der Waals surface area contributed by atoms with Gasteiger partial charge in [-0.25, -0.2) is 4.98 Å². The van der Waals surface area contributed by atoms with Crippen LogP contribution >= 0.6 is 0 Å². The van der Waals surface area contributed by atoms with Crippen molar-refractivity contribution >= 4 is 16.8 Å². The van der Waals surface area contributed by atoms with E-state index in [0.29, 0.717) is 24.8 Å². The minimum absolute atomic E-state index is 0.189. The van der Waals surface area contributed by atoms with Crippen molar-refractivity contribution in [1.82, 2.24) is 15.3 Å². The molecule has 1 amide bonds. The topological polar surface area (TPSA) is 73.3 Å². The Morgan fingerprint density at radius 2 is 2.00 bits per heavy atom. The minimum atomic E-state index is -0.189. The molecule has 1 aromatic carbocycles. The Balaban J connectivity index is 1.44. The third-order valence-corrected chi connectivity index (χ3v) is 5.67. The Labute approximate surface area is 176 Å². The summed E-state index contributed by atoms with van der Waals surface area (Å²) in [7, 11) is 0. The van der Waals surface area contributed by atoms with Crippen LogP contribution in [-0.4, -0.2) is 42.2 Å². The normalized spacial score (nSPS) is 14.6. The lowest BCUT2D eigenvalue weighted by Gasteiger charge is -2.24. The Hall–Kier alpha value is -2.99. The molecule has 0 bridgehead atoms. The van der Waals surface area contributed by atoms with Crippen LogP contribution in [0.5, 0.6) is 5.75 Å². The number of amides is 1. The van der Waals surface area contributed by atoms with Crippen LogP contribution in [0, 0.1) is 13.8 Å². The summed E-state index contributed by atoms with van der Waals surface area (Å²) in [6, 6.07) is 9.77. The molecule has 0 radical (unpaired) electrons. The Morgan fingerprint density at radius 1 is 1.17 bits per heavy atom. The average molecular weight is 405 g/mol. The summed E-state index contributed by atoms with van der Waals surface area (Å²) in [6.45, 7) is 6.42. The van der Waals surface area contributed by atoms with E-state index >= 15 is 0 Å². The number of ether oxygens (including phenoxy) is 2. The molecule has 3 heterocycles. The van der Waals surface area contributed by atoms with E-state index in [-0.39, 0.29) is 5.91 Å². The Kier molecular flexibility index (Phi) is 6.23. The van der Waals surface area contributed by atoms with Gasteiger partial charge < -0.3 is 14.8 Å². The maximum Gasteiger partial charge on any atom is 0.270 e. The zero-order chi connectivity index (χ0) is 20.9. The fraction of sp³-hybridized carbons (Fsp3) is 0.375. The van der Waals surface area contributed by atoms with Crippen molar-refractivity contribution in [3.63, 3.8) is 0 Å². The number of hydrogen-bond acceptors (Lipinski definition) is 5. The summed E-state index contributed by atoms with van der Waals surface area (Å²) in [5.74, 6) is 0.976. The van der Waals surface area contributed by atoms with Gasteiger partial charge in [-0.15, -0.1) is 0 Å². The van der Waals surface area contributed by atoms with Crippen molar-refractivity contribution in [3.8, 4) is 5.75 Å². The van der Waals surface area contributed by atoms with Crippen LogP contribution in [0.3, 0.4) is 0 Å². The molecule has 156 valence electrons. The standard InChI is InChI=1S/C24H27N3O3/c1-16-3-4-19(13-17(16)2)30-12-9-26-24(28)23-14-20(18-6-10-29-11-7-18)21-15-25-8-5-22(21)27-23/h3-5,8,13-15,18H,6-7,9-12H2,1-2H3,(H,26,28). The first kappa shape index (κ1) is 20.3. The molecule has 1 saturated heterocycles. The number of aromatic nitrogens is 2. The predicted molar refractivity (Wildman–Crippen MR) is 116 cm³/mol. The molecule has 0 saturated carbocycles. The van der Waals surface area contributed by atoms with E-state index in [1.807, 2.05) is 36.5 Å². The number of carbonyl (C=O) groups is 1. The lowest BCUT2D eigenvalue weighted by atomic mass is 9.89. The molecule has 0 spiro atoms. The van der Waals surface area contributed by atoms with Crippen molar-refractivity contribution in [2.75, 3.05) is 26.4 Å². The lowest BCUT2D eigenvalue weighted by Crippen LogP contribution is -2.29. The van der Waals surface area contributed by atoms with Gasteiger partial charge in [0.1, 0.15) is 18.1 Å². The van der Waals surface area contributed by atoms with Gasteiger partial charge in [0.05, 0.1) is 12.1 Å². The second-order valence-corrected chi connectivity index (χ2v) is 7.73. The number of fused-ring (bicyclic) bond motifs is 1. The average Bonchev–Trinajstić information content (AvgIpc) is 2.78. The van der Waals surface area contributed by atoms with Crippen molar-refractivity contribution in [1.29, 1.82) is 0 Å². The Morgan fingerprint density at radius 3 is 2.80 bits per heavy atom. The summed E-state index contributed by atoms with van der Waals surface area (Å²) in [5, 5.41) is 3.94. The van der Waals surface area contributed by atoms with E-state index in [2.05, 4.69) is 29.1 Å². The fourth-order valence-corrected chi connectivity index (χ4v) is 3.78. The number of hydrogen-bond donors (Lipinski definition) is 1. The molecule has 0 atom stereocenters. The third-order valence-electron chi connectivity index (χ3n) is 5.67. The van der Waals surface area contributed by atoms with E-state index in [0.717, 1.165) is 48.3 Å². The molecule has 1 fully saturated rings. The molecule has 1 aliphatic rings. The first-order valence-electron chi connectivity index (χ1n) is 10.4. The molecular weight excluding hydrogens is 378 g/mol. The molecule has 30 heavy (non-hydrogen) atoms. The molecule has 6 nitrogen and oxygen atoms in total. The van der Waals surface area contributed by atoms with Crippen LogP contribution in [0.15, 0.2) is 42.7 Å². The number of aryl methyl sites for hydroxylation is 2. The quantitative estimate of drug-likeness (QED) is 0.629. The Bertz CT molecular complexity index is 1050. The van der Waals surface area contributed by atoms with E-state index in [1.165, 1.54) is 11.1 Å². The summed E-state index contributed by atoms with van der Waals surface area (Å²) in [6.07, 6.45) is 5.44. The zero-order valence-corrected chi connectivity index (χ0v) is 17.5. The number of carbonyl (C=O) groups excluding carboxylic acids is 1. The monoisotopic (exact) mass is 405 g/mol. The maximum absolute atomic E-state index is 12.8. The smallest absolute Gasteiger partial charge is 0.270 e. The highest BCUT2D eigenvalue weighted by Gasteiger charge is 2.21. The molecule has 2 aromatic heterocycles. The van der Waals surface area contributed by atoms with Crippen molar-refractivity contribution in [2.24, 2.45) is 0 Å². The minimum Gasteiger partial charge on any atom is -0.492 e. The summed E-state index contributed by atoms with van der Waals surface area (Å²) < 4.78 is 11.3. The summed E-state index contributed by atoms with van der Waals surface area (Å²) in [5.41, 5.74) is 4.78. The zero-order valence-electron chi connectivity index (χ0n) is 17.5. The number of nitrogens with one attached hydrogen (secondary N) is 1. The van der Waals surface area contributed by atoms with E-state index in [1.54, 1.807) is 6.20 Å². The molecule has 1 N–H and O–H groups in total. The van der Waals surface area contributed by atoms with Crippen molar-refractivity contribution in [3.05, 3.63) is 65.1 Å².